The molecule has 19 heavy (non-hydrogen) atoms. The van der Waals surface area contributed by atoms with Crippen LogP contribution in [0.5, 0.6) is 0 Å². The molecule has 3 N–H and O–H groups in total. The van der Waals surface area contributed by atoms with Gasteiger partial charge in [-0.1, -0.05) is 61.2 Å². The van der Waals surface area contributed by atoms with Crippen molar-refractivity contribution in [1.29, 1.82) is 0 Å². The summed E-state index contributed by atoms with van der Waals surface area (Å²) in [4.78, 5) is 0. The summed E-state index contributed by atoms with van der Waals surface area (Å²) in [6, 6.07) is 9.59. The van der Waals surface area contributed by atoms with Crippen molar-refractivity contribution in [3.63, 3.8) is 0 Å². The Bertz CT molecular complexity index is 487. The lowest BCUT2D eigenvalue weighted by molar-refractivity contribution is 0.891. The van der Waals surface area contributed by atoms with Gasteiger partial charge in [-0.3, -0.25) is 0 Å². The van der Waals surface area contributed by atoms with Crippen LogP contribution in [-0.4, -0.2) is 7.85 Å². The lowest BCUT2D eigenvalue weighted by Gasteiger charge is -2.12. The van der Waals surface area contributed by atoms with Crippen molar-refractivity contribution in [3.05, 3.63) is 84.1 Å². The van der Waals surface area contributed by atoms with Crippen LogP contribution < -0.4 is 11.1 Å². The molecule has 2 nitrogen and oxygen atoms in total. The molecule has 96 valence electrons. The zero-order valence-electron chi connectivity index (χ0n) is 11.2. The molecule has 2 radical (unpaired) electrons. The van der Waals surface area contributed by atoms with E-state index in [1.807, 2.05) is 55.5 Å². The van der Waals surface area contributed by atoms with Crippen molar-refractivity contribution < 1.29 is 0 Å². The summed E-state index contributed by atoms with van der Waals surface area (Å²) in [5.41, 5.74) is 8.51. The van der Waals surface area contributed by atoms with Gasteiger partial charge in [-0.05, 0) is 24.2 Å². The Hall–Kier alpha value is -2.00. The predicted molar refractivity (Wildman–Crippen MR) is 83.4 cm³/mol. The van der Waals surface area contributed by atoms with Gasteiger partial charge in [0.15, 0.2) is 0 Å². The maximum absolute atomic E-state index is 6.06. The fraction of sp³-hybridized carbons (Fsp3) is 0.125. The maximum Gasteiger partial charge on any atom is 0.138 e. The molecule has 0 unspecified atom stereocenters. The molecular weight excluding hydrogens is 231 g/mol. The highest BCUT2D eigenvalue weighted by Gasteiger charge is 2.01. The van der Waals surface area contributed by atoms with E-state index in [1.165, 1.54) is 0 Å². The summed E-state index contributed by atoms with van der Waals surface area (Å²) in [5.74, 6) is 0. The molecule has 3 heteroatoms. The van der Waals surface area contributed by atoms with E-state index < -0.39 is 0 Å². The number of benzene rings is 1. The van der Waals surface area contributed by atoms with E-state index in [0.717, 1.165) is 11.3 Å². The van der Waals surface area contributed by atoms with Gasteiger partial charge < -0.3 is 11.1 Å². The maximum atomic E-state index is 6.06. The lowest BCUT2D eigenvalue weighted by Crippen LogP contribution is -2.15. The van der Waals surface area contributed by atoms with Gasteiger partial charge in [0.1, 0.15) is 7.85 Å². The highest BCUT2D eigenvalue weighted by molar-refractivity contribution is 6.21. The number of allylic oxidation sites excluding steroid dienone is 4. The summed E-state index contributed by atoms with van der Waals surface area (Å²) in [6.45, 7) is 5.56. The summed E-state index contributed by atoms with van der Waals surface area (Å²) < 4.78 is 0. The molecule has 1 aromatic rings. The molecule has 0 bridgehead atoms. The van der Waals surface area contributed by atoms with Crippen molar-refractivity contribution in [1.82, 2.24) is 5.32 Å². The molecule has 0 aliphatic rings. The van der Waals surface area contributed by atoms with Crippen LogP contribution in [0.15, 0.2) is 78.6 Å². The van der Waals surface area contributed by atoms with Crippen LogP contribution in [0.25, 0.3) is 0 Å². The number of hydrogen-bond acceptors (Lipinski definition) is 2. The second-order valence-corrected chi connectivity index (χ2v) is 4.02. The van der Waals surface area contributed by atoms with Gasteiger partial charge in [0, 0.05) is 11.7 Å². The fourth-order valence-corrected chi connectivity index (χ4v) is 1.56. The molecule has 0 saturated heterocycles. The first kappa shape index (κ1) is 15.1. The van der Waals surface area contributed by atoms with E-state index in [4.69, 9.17) is 13.6 Å². The number of hydrogen-bond donors (Lipinski definition) is 2. The minimum atomic E-state index is -0.227. The Morgan fingerprint density at radius 1 is 1.37 bits per heavy atom. The Morgan fingerprint density at radius 2 is 2.05 bits per heavy atom. The summed E-state index contributed by atoms with van der Waals surface area (Å²) in [5, 5.41) is 3.09. The van der Waals surface area contributed by atoms with Crippen LogP contribution in [0, 0.1) is 0 Å². The minimum Gasteiger partial charge on any atom is -0.369 e. The zero-order valence-corrected chi connectivity index (χ0v) is 11.2. The first-order valence-corrected chi connectivity index (χ1v) is 6.17. The standard InChI is InChI=1S/C16H19BN2/c1-3-5-11-14(4-2)19-16(17)12-15(18)13-9-7-6-8-10-13/h3-12,15,19H,1,18H2,2H3/b11-5-,14-4+,16-12-/t15-/m0/s1. The molecule has 0 aromatic heterocycles. The second kappa shape index (κ2) is 8.17. The van der Waals surface area contributed by atoms with Crippen LogP contribution in [0.2, 0.25) is 0 Å². The predicted octanol–water partition coefficient (Wildman–Crippen LogP) is 2.93. The summed E-state index contributed by atoms with van der Waals surface area (Å²) >= 11 is 0. The summed E-state index contributed by atoms with van der Waals surface area (Å²) in [7, 11) is 5.93. The molecule has 0 fully saturated rings. The highest BCUT2D eigenvalue weighted by Crippen LogP contribution is 2.11. The quantitative estimate of drug-likeness (QED) is 0.601. The van der Waals surface area contributed by atoms with Crippen LogP contribution >= 0.6 is 0 Å². The fourth-order valence-electron chi connectivity index (χ4n) is 1.56. The van der Waals surface area contributed by atoms with Crippen LogP contribution in [0.4, 0.5) is 0 Å². The van der Waals surface area contributed by atoms with Crippen LogP contribution in [-0.2, 0) is 0 Å². The number of nitrogens with one attached hydrogen (secondary N) is 1. The second-order valence-electron chi connectivity index (χ2n) is 4.02. The molecule has 0 aliphatic carbocycles. The van der Waals surface area contributed by atoms with Crippen LogP contribution in [0.1, 0.15) is 18.5 Å². The van der Waals surface area contributed by atoms with Gasteiger partial charge in [-0.2, -0.15) is 0 Å². The van der Waals surface area contributed by atoms with Crippen molar-refractivity contribution in [2.24, 2.45) is 5.73 Å². The molecule has 1 atom stereocenters. The van der Waals surface area contributed by atoms with E-state index >= 15 is 0 Å². The third-order valence-corrected chi connectivity index (χ3v) is 2.56. The SMILES string of the molecule is [B]/C(=C/[C@H](N)c1ccccc1)NC(/C=C\C=C)=C/C. The largest absolute Gasteiger partial charge is 0.369 e. The lowest BCUT2D eigenvalue weighted by atomic mass is 9.98. The molecule has 0 aliphatic heterocycles. The molecule has 1 rings (SSSR count). The highest BCUT2D eigenvalue weighted by atomic mass is 14.9. The van der Waals surface area contributed by atoms with Crippen molar-refractivity contribution in [2.45, 2.75) is 13.0 Å². The monoisotopic (exact) mass is 250 g/mol. The molecule has 0 amide bonds. The Kier molecular flexibility index (Phi) is 6.48. The van der Waals surface area contributed by atoms with Gasteiger partial charge in [0.05, 0.1) is 0 Å². The Balaban J connectivity index is 2.71. The van der Waals surface area contributed by atoms with Gasteiger partial charge >= 0.3 is 0 Å². The summed E-state index contributed by atoms with van der Waals surface area (Å²) in [6.07, 6.45) is 9.16. The normalized spacial score (nSPS) is 14.4. The first-order chi connectivity index (χ1) is 9.17. The molecular formula is C16H19BN2. The van der Waals surface area contributed by atoms with E-state index in [-0.39, 0.29) is 6.04 Å². The molecule has 0 saturated carbocycles. The van der Waals surface area contributed by atoms with Crippen LogP contribution in [0.3, 0.4) is 0 Å². The first-order valence-electron chi connectivity index (χ1n) is 6.17. The smallest absolute Gasteiger partial charge is 0.138 e. The minimum absolute atomic E-state index is 0.227. The van der Waals surface area contributed by atoms with Gasteiger partial charge in [-0.25, -0.2) is 0 Å². The van der Waals surface area contributed by atoms with E-state index in [2.05, 4.69) is 11.9 Å². The number of nitrogens with two attached hydrogens (primary N) is 1. The average molecular weight is 250 g/mol. The van der Waals surface area contributed by atoms with Gasteiger partial charge in [0.25, 0.3) is 0 Å². The van der Waals surface area contributed by atoms with E-state index in [1.54, 1.807) is 12.2 Å². The van der Waals surface area contributed by atoms with Crippen molar-refractivity contribution >= 4 is 7.85 Å². The van der Waals surface area contributed by atoms with E-state index in [0.29, 0.717) is 5.60 Å². The molecule has 0 heterocycles. The molecule has 0 spiro atoms. The Morgan fingerprint density at radius 3 is 2.63 bits per heavy atom. The topological polar surface area (TPSA) is 38.0 Å². The Labute approximate surface area is 116 Å². The van der Waals surface area contributed by atoms with Crippen molar-refractivity contribution in [3.8, 4) is 0 Å². The third kappa shape index (κ3) is 5.45. The van der Waals surface area contributed by atoms with Crippen molar-refractivity contribution in [2.75, 3.05) is 0 Å². The zero-order chi connectivity index (χ0) is 14.1. The van der Waals surface area contributed by atoms with E-state index in [9.17, 15) is 0 Å². The molecule has 1 aromatic carbocycles. The average Bonchev–Trinajstić information content (AvgIpc) is 2.44. The third-order valence-electron chi connectivity index (χ3n) is 2.56. The van der Waals surface area contributed by atoms with Gasteiger partial charge in [0.2, 0.25) is 0 Å². The number of rotatable bonds is 6. The van der Waals surface area contributed by atoms with Gasteiger partial charge in [-0.15, -0.1) is 0 Å².